The molecule has 180 valence electrons. The standard InChI is InChI=1S/C37H21NS/c38-22-23-9-17-36-34(19-23)35-21-27(15-18-37(35)39-36)25-12-10-24(11-13-25)26-14-16-32-30-7-2-1-5-28(30)29-6-3-4-8-31(29)33(32)20-26/h1-21H. The Morgan fingerprint density at radius 2 is 0.821 bits per heavy atom. The van der Waals surface area contributed by atoms with Crippen LogP contribution in [0.5, 0.6) is 0 Å². The molecule has 0 N–H and O–H groups in total. The Balaban J connectivity index is 1.23. The highest BCUT2D eigenvalue weighted by Crippen LogP contribution is 2.39. The summed E-state index contributed by atoms with van der Waals surface area (Å²) in [6, 6.07) is 48.1. The van der Waals surface area contributed by atoms with Gasteiger partial charge in [-0.05, 0) is 91.0 Å². The Labute approximate surface area is 229 Å². The summed E-state index contributed by atoms with van der Waals surface area (Å²) in [5.74, 6) is 0. The number of hydrogen-bond acceptors (Lipinski definition) is 2. The van der Waals surface area contributed by atoms with Crippen molar-refractivity contribution in [1.29, 1.82) is 5.26 Å². The summed E-state index contributed by atoms with van der Waals surface area (Å²) >= 11 is 1.78. The Bertz CT molecular complexity index is 2250. The van der Waals surface area contributed by atoms with Crippen LogP contribution in [0.2, 0.25) is 0 Å². The zero-order valence-corrected chi connectivity index (χ0v) is 21.8. The van der Waals surface area contributed by atoms with Gasteiger partial charge in [-0.1, -0.05) is 91.0 Å². The molecule has 1 nitrogen and oxygen atoms in total. The molecule has 0 atom stereocenters. The molecule has 1 aromatic heterocycles. The van der Waals surface area contributed by atoms with Crippen molar-refractivity contribution in [2.75, 3.05) is 0 Å². The first kappa shape index (κ1) is 22.1. The lowest BCUT2D eigenvalue weighted by molar-refractivity contribution is 1.50. The van der Waals surface area contributed by atoms with E-state index < -0.39 is 0 Å². The van der Waals surface area contributed by atoms with E-state index in [1.165, 1.54) is 69.4 Å². The second kappa shape index (κ2) is 8.53. The van der Waals surface area contributed by atoms with Crippen LogP contribution < -0.4 is 0 Å². The lowest BCUT2D eigenvalue weighted by atomic mass is 9.92. The molecule has 0 aliphatic carbocycles. The van der Waals surface area contributed by atoms with Crippen LogP contribution in [0.3, 0.4) is 0 Å². The largest absolute Gasteiger partial charge is 0.192 e. The first-order valence-electron chi connectivity index (χ1n) is 13.1. The van der Waals surface area contributed by atoms with Crippen LogP contribution in [0.15, 0.2) is 127 Å². The van der Waals surface area contributed by atoms with Gasteiger partial charge in [-0.2, -0.15) is 5.26 Å². The molecule has 0 aliphatic rings. The third-order valence-electron chi connectivity index (χ3n) is 7.89. The van der Waals surface area contributed by atoms with Gasteiger partial charge in [0, 0.05) is 20.2 Å². The molecule has 2 heteroatoms. The highest BCUT2D eigenvalue weighted by molar-refractivity contribution is 7.25. The number of rotatable bonds is 2. The fourth-order valence-corrected chi connectivity index (χ4v) is 7.04. The van der Waals surface area contributed by atoms with E-state index in [0.29, 0.717) is 5.56 Å². The molecular weight excluding hydrogens is 490 g/mol. The van der Waals surface area contributed by atoms with Gasteiger partial charge in [0.2, 0.25) is 0 Å². The molecular formula is C37H21NS. The van der Waals surface area contributed by atoms with Gasteiger partial charge in [0.1, 0.15) is 0 Å². The highest BCUT2D eigenvalue weighted by Gasteiger charge is 2.11. The van der Waals surface area contributed by atoms with Gasteiger partial charge in [0.05, 0.1) is 11.6 Å². The zero-order chi connectivity index (χ0) is 25.9. The monoisotopic (exact) mass is 511 g/mol. The Morgan fingerprint density at radius 1 is 0.385 bits per heavy atom. The average molecular weight is 512 g/mol. The number of fused-ring (bicyclic) bond motifs is 9. The molecule has 0 aliphatic heterocycles. The summed E-state index contributed by atoms with van der Waals surface area (Å²) in [6.45, 7) is 0. The third-order valence-corrected chi connectivity index (χ3v) is 9.05. The summed E-state index contributed by atoms with van der Waals surface area (Å²) in [5.41, 5.74) is 5.50. The fraction of sp³-hybridized carbons (Fsp3) is 0. The molecule has 1 heterocycles. The Hall–Kier alpha value is -4.97. The molecule has 7 aromatic carbocycles. The summed E-state index contributed by atoms with van der Waals surface area (Å²) in [4.78, 5) is 0. The van der Waals surface area contributed by atoms with Crippen molar-refractivity contribution in [3.8, 4) is 28.3 Å². The van der Waals surface area contributed by atoms with Gasteiger partial charge >= 0.3 is 0 Å². The molecule has 0 fully saturated rings. The minimum Gasteiger partial charge on any atom is -0.192 e. The minimum atomic E-state index is 0.702. The molecule has 0 spiro atoms. The van der Waals surface area contributed by atoms with E-state index in [2.05, 4.69) is 121 Å². The number of thiophene rings is 1. The van der Waals surface area contributed by atoms with Crippen LogP contribution in [0.1, 0.15) is 5.56 Å². The van der Waals surface area contributed by atoms with E-state index in [-0.39, 0.29) is 0 Å². The van der Waals surface area contributed by atoms with Gasteiger partial charge in [0.25, 0.3) is 0 Å². The van der Waals surface area contributed by atoms with Crippen molar-refractivity contribution in [1.82, 2.24) is 0 Å². The van der Waals surface area contributed by atoms with E-state index in [4.69, 9.17) is 0 Å². The molecule has 0 saturated heterocycles. The molecule has 0 amide bonds. The lowest BCUT2D eigenvalue weighted by Crippen LogP contribution is -1.85. The van der Waals surface area contributed by atoms with Crippen LogP contribution >= 0.6 is 11.3 Å². The molecule has 39 heavy (non-hydrogen) atoms. The van der Waals surface area contributed by atoms with Crippen molar-refractivity contribution < 1.29 is 0 Å². The topological polar surface area (TPSA) is 23.8 Å². The first-order valence-corrected chi connectivity index (χ1v) is 13.9. The normalized spacial score (nSPS) is 11.6. The van der Waals surface area contributed by atoms with Gasteiger partial charge in [-0.25, -0.2) is 0 Å². The molecule has 0 radical (unpaired) electrons. The number of benzene rings is 7. The fourth-order valence-electron chi connectivity index (χ4n) is 5.97. The molecule has 0 saturated carbocycles. The van der Waals surface area contributed by atoms with Crippen LogP contribution in [0.4, 0.5) is 0 Å². The van der Waals surface area contributed by atoms with Crippen molar-refractivity contribution >= 4 is 63.8 Å². The van der Waals surface area contributed by atoms with Crippen LogP contribution in [0.25, 0.3) is 74.7 Å². The van der Waals surface area contributed by atoms with E-state index in [1.807, 2.05) is 12.1 Å². The van der Waals surface area contributed by atoms with Gasteiger partial charge in [-0.3, -0.25) is 0 Å². The van der Waals surface area contributed by atoms with Crippen LogP contribution in [-0.4, -0.2) is 0 Å². The maximum Gasteiger partial charge on any atom is 0.0991 e. The summed E-state index contributed by atoms with van der Waals surface area (Å²) in [5, 5.41) is 19.5. The second-order valence-corrected chi connectivity index (χ2v) is 11.1. The molecule has 8 rings (SSSR count). The third kappa shape index (κ3) is 3.45. The summed E-state index contributed by atoms with van der Waals surface area (Å²) in [6.07, 6.45) is 0. The SMILES string of the molecule is N#Cc1ccc2sc3ccc(-c4ccc(-c5ccc6c7ccccc7c7ccccc7c6c5)cc4)cc3c2c1. The predicted octanol–water partition coefficient (Wildman–Crippen LogP) is 10.7. The van der Waals surface area contributed by atoms with Gasteiger partial charge in [-0.15, -0.1) is 11.3 Å². The lowest BCUT2D eigenvalue weighted by Gasteiger charge is -2.12. The minimum absolute atomic E-state index is 0.702. The maximum atomic E-state index is 9.37. The predicted molar refractivity (Wildman–Crippen MR) is 167 cm³/mol. The van der Waals surface area contributed by atoms with Crippen molar-refractivity contribution in [3.05, 3.63) is 133 Å². The quantitative estimate of drug-likeness (QED) is 0.212. The number of nitriles is 1. The molecule has 8 aromatic rings. The number of nitrogens with zero attached hydrogens (tertiary/aromatic N) is 1. The Kier molecular flexibility index (Phi) is 4.82. The number of hydrogen-bond donors (Lipinski definition) is 0. The summed E-state index contributed by atoms with van der Waals surface area (Å²) in [7, 11) is 0. The van der Waals surface area contributed by atoms with Crippen LogP contribution in [-0.2, 0) is 0 Å². The van der Waals surface area contributed by atoms with E-state index in [0.717, 1.165) is 5.39 Å². The van der Waals surface area contributed by atoms with Gasteiger partial charge < -0.3 is 0 Å². The van der Waals surface area contributed by atoms with E-state index in [1.54, 1.807) is 11.3 Å². The van der Waals surface area contributed by atoms with Crippen LogP contribution in [0, 0.1) is 11.3 Å². The van der Waals surface area contributed by atoms with Crippen molar-refractivity contribution in [3.63, 3.8) is 0 Å². The molecule has 0 unspecified atom stereocenters. The smallest absolute Gasteiger partial charge is 0.0991 e. The first-order chi connectivity index (χ1) is 19.3. The van der Waals surface area contributed by atoms with Gasteiger partial charge in [0.15, 0.2) is 0 Å². The summed E-state index contributed by atoms with van der Waals surface area (Å²) < 4.78 is 2.46. The maximum absolute atomic E-state index is 9.37. The van der Waals surface area contributed by atoms with E-state index >= 15 is 0 Å². The average Bonchev–Trinajstić information content (AvgIpc) is 3.38. The zero-order valence-electron chi connectivity index (χ0n) is 21.0. The van der Waals surface area contributed by atoms with E-state index in [9.17, 15) is 5.26 Å². The highest BCUT2D eigenvalue weighted by atomic mass is 32.1. The molecule has 0 bridgehead atoms. The van der Waals surface area contributed by atoms with Crippen molar-refractivity contribution in [2.45, 2.75) is 0 Å². The second-order valence-electron chi connectivity index (χ2n) is 10.1. The van der Waals surface area contributed by atoms with Crippen molar-refractivity contribution in [2.24, 2.45) is 0 Å². The Morgan fingerprint density at radius 3 is 1.41 bits per heavy atom.